The molecule has 1 unspecified atom stereocenters. The predicted octanol–water partition coefficient (Wildman–Crippen LogP) is 4.37. The van der Waals surface area contributed by atoms with E-state index in [2.05, 4.69) is 40.9 Å². The third-order valence-corrected chi connectivity index (χ3v) is 6.82. The van der Waals surface area contributed by atoms with Gasteiger partial charge in [-0.1, -0.05) is 28.7 Å². The molecule has 234 valence electrons. The number of amides is 2. The first-order chi connectivity index (χ1) is 20.7. The number of ether oxygens (including phenoxy) is 1. The summed E-state index contributed by atoms with van der Waals surface area (Å²) in [7, 11) is 0. The second-order valence-corrected chi connectivity index (χ2v) is 10.5. The lowest BCUT2D eigenvalue weighted by Crippen LogP contribution is -2.23. The molecule has 3 aromatic heterocycles. The van der Waals surface area contributed by atoms with E-state index in [0.717, 1.165) is 41.3 Å². The van der Waals surface area contributed by atoms with E-state index in [-0.39, 0.29) is 48.7 Å². The molecule has 4 rings (SSSR count). The molecule has 1 atom stereocenters. The quantitative estimate of drug-likeness (QED) is 0.205. The van der Waals surface area contributed by atoms with Crippen molar-refractivity contribution in [2.24, 2.45) is 0 Å². The minimum atomic E-state index is -4.85. The van der Waals surface area contributed by atoms with Gasteiger partial charge in [0, 0.05) is 31.6 Å². The molecule has 0 saturated carbocycles. The van der Waals surface area contributed by atoms with E-state index in [0.29, 0.717) is 16.3 Å². The zero-order valence-corrected chi connectivity index (χ0v) is 23.6. The third-order valence-electron chi connectivity index (χ3n) is 5.84. The van der Waals surface area contributed by atoms with Crippen molar-refractivity contribution in [3.05, 3.63) is 81.3 Å². The summed E-state index contributed by atoms with van der Waals surface area (Å²) in [5, 5.41) is 20.6. The van der Waals surface area contributed by atoms with E-state index < -0.39 is 36.0 Å². The summed E-state index contributed by atoms with van der Waals surface area (Å²) in [5.74, 6) is -4.66. The number of halogens is 6. The van der Waals surface area contributed by atoms with Gasteiger partial charge in [-0.2, -0.15) is 0 Å². The number of alkyl halides is 6. The number of nitrogens with one attached hydrogen (secondary N) is 2. The van der Waals surface area contributed by atoms with E-state index in [1.165, 1.54) is 30.5 Å². The third kappa shape index (κ3) is 9.72. The van der Waals surface area contributed by atoms with Crippen molar-refractivity contribution >= 4 is 23.2 Å². The molecule has 0 aliphatic rings. The highest BCUT2D eigenvalue weighted by Gasteiger charge is 2.31. The van der Waals surface area contributed by atoms with Crippen LogP contribution in [0.25, 0.3) is 0 Å². The largest absolute Gasteiger partial charge is 0.573 e. The van der Waals surface area contributed by atoms with Gasteiger partial charge in [0.1, 0.15) is 16.9 Å². The summed E-state index contributed by atoms with van der Waals surface area (Å²) < 4.78 is 83.4. The first kappa shape index (κ1) is 32.3. The molecule has 0 fully saturated rings. The minimum absolute atomic E-state index is 0.00626. The lowest BCUT2D eigenvalue weighted by atomic mass is 10.1. The maximum absolute atomic E-state index is 14.6. The monoisotopic (exact) mass is 642 g/mol. The van der Waals surface area contributed by atoms with Gasteiger partial charge in [-0.3, -0.25) is 14.6 Å². The van der Waals surface area contributed by atoms with Crippen LogP contribution in [0, 0.1) is 0 Å². The number of aromatic nitrogens is 6. The van der Waals surface area contributed by atoms with Crippen molar-refractivity contribution in [2.75, 3.05) is 0 Å². The fourth-order valence-corrected chi connectivity index (χ4v) is 4.44. The topological polar surface area (TPSA) is 137 Å². The zero-order chi connectivity index (χ0) is 31.9. The maximum atomic E-state index is 14.6. The van der Waals surface area contributed by atoms with E-state index in [1.807, 2.05) is 0 Å². The standard InChI is InChI=1S/C26H24F6N8O3S/c1-25(28,29)16-5-7-18(33-11-16)12-35-23(42)24-38-37-21(44-24)8-6-17(27)13-40-14-20(36-39-40)22(41)34-10-15-3-2-4-19(9-15)43-26(30,31)32/h2-5,7,9,11,14,17H,6,8,10,12-13H2,1H3,(H,34,41)(H,35,42). The van der Waals surface area contributed by atoms with E-state index in [9.17, 15) is 35.9 Å². The van der Waals surface area contributed by atoms with Crippen LogP contribution in [0.3, 0.4) is 0 Å². The Kier molecular flexibility index (Phi) is 10.1. The van der Waals surface area contributed by atoms with Gasteiger partial charge in [-0.05, 0) is 36.2 Å². The molecule has 2 N–H and O–H groups in total. The van der Waals surface area contributed by atoms with Gasteiger partial charge in [-0.25, -0.2) is 17.9 Å². The molecule has 1 aromatic carbocycles. The lowest BCUT2D eigenvalue weighted by molar-refractivity contribution is -0.274. The summed E-state index contributed by atoms with van der Waals surface area (Å²) >= 11 is 0.974. The van der Waals surface area contributed by atoms with Gasteiger partial charge in [-0.15, -0.1) is 28.5 Å². The SMILES string of the molecule is CC(F)(F)c1ccc(CNC(=O)c2nnc(CCC(F)Cn3cc(C(=O)NCc4cccc(OC(F)(F)F)c4)nn3)s2)nc1. The molecule has 3 heterocycles. The van der Waals surface area contributed by atoms with Crippen molar-refractivity contribution in [3.63, 3.8) is 0 Å². The lowest BCUT2D eigenvalue weighted by Gasteiger charge is -2.10. The summed E-state index contributed by atoms with van der Waals surface area (Å²) in [6.07, 6.45) is -3.81. The van der Waals surface area contributed by atoms with Crippen LogP contribution in [0.5, 0.6) is 5.75 Å². The molecule has 0 spiro atoms. The average Bonchev–Trinajstić information content (AvgIpc) is 3.63. The second kappa shape index (κ2) is 13.8. The summed E-state index contributed by atoms with van der Waals surface area (Å²) in [6.45, 7) is 0.406. The molecule has 11 nitrogen and oxygen atoms in total. The smallest absolute Gasteiger partial charge is 0.406 e. The van der Waals surface area contributed by atoms with Crippen LogP contribution in [-0.4, -0.2) is 54.5 Å². The molecule has 0 radical (unpaired) electrons. The number of carbonyl (C=O) groups is 2. The normalized spacial score (nSPS) is 12.5. The number of hydrogen-bond acceptors (Lipinski definition) is 9. The molecule has 4 aromatic rings. The molecule has 0 saturated heterocycles. The highest BCUT2D eigenvalue weighted by atomic mass is 32.1. The highest BCUT2D eigenvalue weighted by molar-refractivity contribution is 7.13. The summed E-state index contributed by atoms with van der Waals surface area (Å²) in [4.78, 5) is 28.6. The highest BCUT2D eigenvalue weighted by Crippen LogP contribution is 2.26. The molecule has 18 heteroatoms. The number of pyridine rings is 1. The fourth-order valence-electron chi connectivity index (χ4n) is 3.67. The fraction of sp³-hybridized carbons (Fsp3) is 0.346. The number of carbonyl (C=O) groups excluding carboxylic acids is 2. The van der Waals surface area contributed by atoms with Crippen LogP contribution in [0.4, 0.5) is 26.3 Å². The molecular weight excluding hydrogens is 618 g/mol. The predicted molar refractivity (Wildman–Crippen MR) is 142 cm³/mol. The van der Waals surface area contributed by atoms with Crippen molar-refractivity contribution in [1.82, 2.24) is 40.8 Å². The Labute approximate surface area is 249 Å². The maximum Gasteiger partial charge on any atom is 0.573 e. The molecule has 0 aliphatic heterocycles. The van der Waals surface area contributed by atoms with E-state index >= 15 is 0 Å². The van der Waals surface area contributed by atoms with Crippen LogP contribution >= 0.6 is 11.3 Å². The summed E-state index contributed by atoms with van der Waals surface area (Å²) in [5.41, 5.74) is 0.356. The second-order valence-electron chi connectivity index (χ2n) is 9.45. The van der Waals surface area contributed by atoms with E-state index in [4.69, 9.17) is 0 Å². The molecular formula is C26H24F6N8O3S. The Morgan fingerprint density at radius 1 is 1.02 bits per heavy atom. The Bertz CT molecular complexity index is 1570. The van der Waals surface area contributed by atoms with Crippen molar-refractivity contribution in [3.8, 4) is 5.75 Å². The van der Waals surface area contributed by atoms with E-state index in [1.54, 1.807) is 0 Å². The van der Waals surface area contributed by atoms with Crippen molar-refractivity contribution in [1.29, 1.82) is 0 Å². The van der Waals surface area contributed by atoms with Gasteiger partial charge in [0.2, 0.25) is 5.01 Å². The van der Waals surface area contributed by atoms with Gasteiger partial charge < -0.3 is 15.4 Å². The number of rotatable bonds is 13. The molecule has 44 heavy (non-hydrogen) atoms. The molecule has 2 amide bonds. The van der Waals surface area contributed by atoms with Crippen LogP contribution in [0.1, 0.15) is 55.5 Å². The van der Waals surface area contributed by atoms with Crippen LogP contribution in [0.2, 0.25) is 0 Å². The first-order valence-electron chi connectivity index (χ1n) is 12.9. The Morgan fingerprint density at radius 2 is 1.80 bits per heavy atom. The van der Waals surface area contributed by atoms with Gasteiger partial charge in [0.15, 0.2) is 5.69 Å². The average molecular weight is 643 g/mol. The van der Waals surface area contributed by atoms with Crippen LogP contribution < -0.4 is 15.4 Å². The Morgan fingerprint density at radius 3 is 2.50 bits per heavy atom. The zero-order valence-electron chi connectivity index (χ0n) is 22.8. The van der Waals surface area contributed by atoms with Crippen LogP contribution in [-0.2, 0) is 32.0 Å². The van der Waals surface area contributed by atoms with Crippen molar-refractivity contribution in [2.45, 2.75) is 57.9 Å². The molecule has 0 aliphatic carbocycles. The number of nitrogens with zero attached hydrogens (tertiary/aromatic N) is 6. The number of benzene rings is 1. The minimum Gasteiger partial charge on any atom is -0.406 e. The van der Waals surface area contributed by atoms with Crippen molar-refractivity contribution < 1.29 is 40.7 Å². The Balaban J connectivity index is 1.19. The Hall–Kier alpha value is -4.61. The number of aryl methyl sites for hydroxylation is 1. The van der Waals surface area contributed by atoms with Gasteiger partial charge in [0.05, 0.1) is 25.0 Å². The molecule has 0 bridgehead atoms. The summed E-state index contributed by atoms with van der Waals surface area (Å²) in [6, 6.07) is 7.70. The first-order valence-corrected chi connectivity index (χ1v) is 13.7. The number of hydrogen-bond donors (Lipinski definition) is 2. The van der Waals surface area contributed by atoms with Gasteiger partial charge >= 0.3 is 6.36 Å². The van der Waals surface area contributed by atoms with Crippen LogP contribution in [0.15, 0.2) is 48.8 Å². The van der Waals surface area contributed by atoms with Gasteiger partial charge in [0.25, 0.3) is 17.7 Å².